The van der Waals surface area contributed by atoms with Crippen LogP contribution in [0.1, 0.15) is 17.4 Å². The van der Waals surface area contributed by atoms with Crippen LogP contribution < -0.4 is 5.73 Å². The van der Waals surface area contributed by atoms with Crippen LogP contribution in [0.5, 0.6) is 0 Å². The summed E-state index contributed by atoms with van der Waals surface area (Å²) in [6, 6.07) is 3.75. The third kappa shape index (κ3) is 2.86. The average Bonchev–Trinajstić information content (AvgIpc) is 2.81. The first-order chi connectivity index (χ1) is 9.54. The standard InChI is InChI=1S/C14H18F2N4/c1-19-7-6-18-13(19)9-20(2)12(8-17)10-4-3-5-11(15)14(10)16/h3-7,12H,8-9,17H2,1-2H3. The summed E-state index contributed by atoms with van der Waals surface area (Å²) < 4.78 is 29.1. The molecule has 1 unspecified atom stereocenters. The summed E-state index contributed by atoms with van der Waals surface area (Å²) in [5.74, 6) is -0.858. The van der Waals surface area contributed by atoms with Gasteiger partial charge in [-0.25, -0.2) is 13.8 Å². The molecule has 2 N–H and O–H groups in total. The second-order valence-electron chi connectivity index (χ2n) is 4.76. The Balaban J connectivity index is 2.23. The van der Waals surface area contributed by atoms with Gasteiger partial charge in [0.25, 0.3) is 0 Å². The zero-order valence-corrected chi connectivity index (χ0v) is 11.6. The lowest BCUT2D eigenvalue weighted by atomic mass is 10.0. The first-order valence-corrected chi connectivity index (χ1v) is 6.35. The minimum Gasteiger partial charge on any atom is -0.337 e. The second kappa shape index (κ2) is 6.11. The van der Waals surface area contributed by atoms with E-state index >= 15 is 0 Å². The van der Waals surface area contributed by atoms with Crippen molar-refractivity contribution < 1.29 is 8.78 Å². The Morgan fingerprint density at radius 2 is 2.15 bits per heavy atom. The predicted molar refractivity (Wildman–Crippen MR) is 72.8 cm³/mol. The molecule has 0 bridgehead atoms. The molecule has 2 rings (SSSR count). The van der Waals surface area contributed by atoms with Crippen molar-refractivity contribution in [2.45, 2.75) is 12.6 Å². The minimum absolute atomic E-state index is 0.196. The Bertz CT molecular complexity index is 582. The van der Waals surface area contributed by atoms with Gasteiger partial charge < -0.3 is 10.3 Å². The maximum atomic E-state index is 13.9. The SMILES string of the molecule is CN(Cc1nccn1C)C(CN)c1cccc(F)c1F. The van der Waals surface area contributed by atoms with Crippen LogP contribution in [0, 0.1) is 11.6 Å². The third-order valence-corrected chi connectivity index (χ3v) is 3.41. The molecule has 1 aromatic heterocycles. The van der Waals surface area contributed by atoms with Crippen LogP contribution in [-0.2, 0) is 13.6 Å². The zero-order valence-electron chi connectivity index (χ0n) is 11.6. The van der Waals surface area contributed by atoms with Crippen LogP contribution >= 0.6 is 0 Å². The number of likely N-dealkylation sites (N-methyl/N-ethyl adjacent to an activating group) is 1. The van der Waals surface area contributed by atoms with E-state index in [1.54, 1.807) is 12.3 Å². The van der Waals surface area contributed by atoms with Crippen molar-refractivity contribution in [3.63, 3.8) is 0 Å². The number of hydrogen-bond acceptors (Lipinski definition) is 3. The smallest absolute Gasteiger partial charge is 0.163 e. The maximum Gasteiger partial charge on any atom is 0.163 e. The van der Waals surface area contributed by atoms with Crippen LogP contribution in [0.25, 0.3) is 0 Å². The Labute approximate surface area is 116 Å². The normalized spacial score (nSPS) is 12.9. The molecule has 4 nitrogen and oxygen atoms in total. The topological polar surface area (TPSA) is 47.1 Å². The molecule has 0 aliphatic rings. The van der Waals surface area contributed by atoms with Crippen molar-refractivity contribution in [2.75, 3.05) is 13.6 Å². The summed E-state index contributed by atoms with van der Waals surface area (Å²) in [4.78, 5) is 6.08. The number of hydrogen-bond donors (Lipinski definition) is 1. The Morgan fingerprint density at radius 1 is 1.40 bits per heavy atom. The molecular formula is C14H18F2N4. The molecule has 0 amide bonds. The van der Waals surface area contributed by atoms with Gasteiger partial charge in [0.05, 0.1) is 12.6 Å². The first-order valence-electron chi connectivity index (χ1n) is 6.35. The van der Waals surface area contributed by atoms with E-state index in [1.165, 1.54) is 6.07 Å². The quantitative estimate of drug-likeness (QED) is 0.909. The van der Waals surface area contributed by atoms with Crippen molar-refractivity contribution in [3.8, 4) is 0 Å². The van der Waals surface area contributed by atoms with Gasteiger partial charge in [-0.15, -0.1) is 0 Å². The maximum absolute atomic E-state index is 13.9. The van der Waals surface area contributed by atoms with Gasteiger partial charge in [0.15, 0.2) is 11.6 Å². The summed E-state index contributed by atoms with van der Waals surface area (Å²) in [6.45, 7) is 0.697. The molecule has 0 saturated carbocycles. The number of imidazole rings is 1. The lowest BCUT2D eigenvalue weighted by Crippen LogP contribution is -2.31. The highest BCUT2D eigenvalue weighted by atomic mass is 19.2. The number of benzene rings is 1. The highest BCUT2D eigenvalue weighted by molar-refractivity contribution is 5.23. The van der Waals surface area contributed by atoms with E-state index < -0.39 is 17.7 Å². The molecule has 0 aliphatic carbocycles. The number of rotatable bonds is 5. The monoisotopic (exact) mass is 280 g/mol. The van der Waals surface area contributed by atoms with Crippen LogP contribution in [0.4, 0.5) is 8.78 Å². The molecular weight excluding hydrogens is 262 g/mol. The fourth-order valence-corrected chi connectivity index (χ4v) is 2.20. The van der Waals surface area contributed by atoms with E-state index in [0.29, 0.717) is 6.54 Å². The molecule has 0 aliphatic heterocycles. The number of nitrogens with two attached hydrogens (primary N) is 1. The predicted octanol–water partition coefficient (Wildman–Crippen LogP) is 1.83. The van der Waals surface area contributed by atoms with Crippen molar-refractivity contribution in [2.24, 2.45) is 12.8 Å². The van der Waals surface area contributed by atoms with Crippen molar-refractivity contribution >= 4 is 0 Å². The number of halogens is 2. The molecule has 1 aromatic carbocycles. The number of aromatic nitrogens is 2. The molecule has 0 spiro atoms. The number of nitrogens with zero attached hydrogens (tertiary/aromatic N) is 3. The lowest BCUT2D eigenvalue weighted by molar-refractivity contribution is 0.227. The average molecular weight is 280 g/mol. The highest BCUT2D eigenvalue weighted by Gasteiger charge is 2.21. The Hall–Kier alpha value is -1.79. The van der Waals surface area contributed by atoms with Crippen molar-refractivity contribution in [3.05, 3.63) is 53.6 Å². The molecule has 20 heavy (non-hydrogen) atoms. The van der Waals surface area contributed by atoms with Gasteiger partial charge in [-0.3, -0.25) is 4.90 Å². The van der Waals surface area contributed by atoms with Crippen LogP contribution in [-0.4, -0.2) is 28.0 Å². The number of aryl methyl sites for hydroxylation is 1. The van der Waals surface area contributed by atoms with Crippen LogP contribution in [0.15, 0.2) is 30.6 Å². The van der Waals surface area contributed by atoms with E-state index in [1.807, 2.05) is 29.8 Å². The van der Waals surface area contributed by atoms with E-state index in [-0.39, 0.29) is 12.1 Å². The van der Waals surface area contributed by atoms with Crippen LogP contribution in [0.3, 0.4) is 0 Å². The molecule has 0 fully saturated rings. The molecule has 1 atom stereocenters. The van der Waals surface area contributed by atoms with E-state index in [4.69, 9.17) is 5.73 Å². The van der Waals surface area contributed by atoms with Gasteiger partial charge in [0.1, 0.15) is 5.82 Å². The Kier molecular flexibility index (Phi) is 4.46. The van der Waals surface area contributed by atoms with E-state index in [2.05, 4.69) is 4.98 Å². The van der Waals surface area contributed by atoms with Gasteiger partial charge in [0, 0.05) is 31.5 Å². The highest BCUT2D eigenvalue weighted by Crippen LogP contribution is 2.24. The van der Waals surface area contributed by atoms with Gasteiger partial charge in [-0.05, 0) is 13.1 Å². The van der Waals surface area contributed by atoms with Crippen LogP contribution in [0.2, 0.25) is 0 Å². The summed E-state index contributed by atoms with van der Waals surface area (Å²) in [5.41, 5.74) is 6.00. The molecule has 2 aromatic rings. The molecule has 0 saturated heterocycles. The summed E-state index contributed by atoms with van der Waals surface area (Å²) in [7, 11) is 3.70. The third-order valence-electron chi connectivity index (χ3n) is 3.41. The summed E-state index contributed by atoms with van der Waals surface area (Å²) in [6.07, 6.45) is 3.53. The Morgan fingerprint density at radius 3 is 2.75 bits per heavy atom. The molecule has 6 heteroatoms. The van der Waals surface area contributed by atoms with Gasteiger partial charge in [0.2, 0.25) is 0 Å². The molecule has 0 radical (unpaired) electrons. The summed E-state index contributed by atoms with van der Waals surface area (Å²) in [5, 5.41) is 0. The van der Waals surface area contributed by atoms with Gasteiger partial charge in [-0.2, -0.15) is 0 Å². The molecule has 1 heterocycles. The summed E-state index contributed by atoms with van der Waals surface area (Å²) >= 11 is 0. The van der Waals surface area contributed by atoms with E-state index in [9.17, 15) is 8.78 Å². The minimum atomic E-state index is -0.855. The van der Waals surface area contributed by atoms with E-state index in [0.717, 1.165) is 11.9 Å². The molecule has 108 valence electrons. The fraction of sp³-hybridized carbons (Fsp3) is 0.357. The van der Waals surface area contributed by atoms with Gasteiger partial charge in [-0.1, -0.05) is 12.1 Å². The van der Waals surface area contributed by atoms with Crippen molar-refractivity contribution in [1.29, 1.82) is 0 Å². The lowest BCUT2D eigenvalue weighted by Gasteiger charge is -2.27. The first kappa shape index (κ1) is 14.6. The largest absolute Gasteiger partial charge is 0.337 e. The zero-order chi connectivity index (χ0) is 14.7. The second-order valence-corrected chi connectivity index (χ2v) is 4.76. The van der Waals surface area contributed by atoms with Crippen molar-refractivity contribution in [1.82, 2.24) is 14.5 Å². The van der Waals surface area contributed by atoms with Gasteiger partial charge >= 0.3 is 0 Å². The fourth-order valence-electron chi connectivity index (χ4n) is 2.20.